The molecule has 0 aromatic carbocycles. The van der Waals surface area contributed by atoms with Crippen molar-refractivity contribution in [2.45, 2.75) is 0 Å². The van der Waals surface area contributed by atoms with Crippen LogP contribution >= 0.6 is 0 Å². The number of carbonyl (C=O) groups excluding carboxylic acids is 1. The molecule has 2 nitrogen and oxygen atoms in total. The molecule has 0 spiro atoms. The van der Waals surface area contributed by atoms with Crippen LogP contribution in [0.2, 0.25) is 0 Å². The van der Waals surface area contributed by atoms with E-state index in [0.717, 1.165) is 0 Å². The minimum absolute atomic E-state index is 0.299. The molecule has 0 aromatic rings. The molecule has 0 aliphatic rings. The molecule has 0 saturated carbocycles. The van der Waals surface area contributed by atoms with Gasteiger partial charge >= 0.3 is 0 Å². The van der Waals surface area contributed by atoms with E-state index in [0.29, 0.717) is 13.1 Å². The van der Waals surface area contributed by atoms with Crippen molar-refractivity contribution in [2.75, 3.05) is 13.1 Å². The van der Waals surface area contributed by atoms with E-state index in [1.54, 1.807) is 0 Å². The molecule has 0 radical (unpaired) electrons. The smallest absolute Gasteiger partial charge is 0.282 e. The monoisotopic (exact) mass is 169 g/mol. The van der Waals surface area contributed by atoms with Crippen molar-refractivity contribution in [3.63, 3.8) is 0 Å². The first-order valence-electron chi connectivity index (χ1n) is 3.49. The quantitative estimate of drug-likeness (QED) is 0.453. The minimum Gasteiger partial charge on any atom is -0.329 e. The van der Waals surface area contributed by atoms with Crippen LogP contribution in [0.25, 0.3) is 0 Å². The summed E-state index contributed by atoms with van der Waals surface area (Å²) < 4.78 is 12.3. The van der Waals surface area contributed by atoms with Gasteiger partial charge in [-0.15, -0.1) is 13.2 Å². The molecule has 1 amide bonds. The van der Waals surface area contributed by atoms with Gasteiger partial charge in [-0.25, -0.2) is 4.39 Å². The lowest BCUT2D eigenvalue weighted by Crippen LogP contribution is -2.31. The largest absolute Gasteiger partial charge is 0.329 e. The summed E-state index contributed by atoms with van der Waals surface area (Å²) in [4.78, 5) is 12.2. The molecule has 0 aliphatic carbocycles. The zero-order valence-corrected chi connectivity index (χ0v) is 6.92. The Kier molecular flexibility index (Phi) is 4.69. The van der Waals surface area contributed by atoms with Gasteiger partial charge < -0.3 is 4.90 Å². The second-order valence-electron chi connectivity index (χ2n) is 2.19. The van der Waals surface area contributed by atoms with Crippen molar-refractivity contribution >= 4 is 5.91 Å². The normalized spacial score (nSPS) is 8.75. The highest BCUT2D eigenvalue weighted by molar-refractivity contribution is 5.90. The van der Waals surface area contributed by atoms with Gasteiger partial charge in [0, 0.05) is 13.1 Å². The number of halogens is 1. The van der Waals surface area contributed by atoms with Gasteiger partial charge in [0.1, 0.15) is 0 Å². The van der Waals surface area contributed by atoms with Gasteiger partial charge in [-0.1, -0.05) is 18.7 Å². The summed E-state index contributed by atoms with van der Waals surface area (Å²) in [6.07, 6.45) is 3.04. The second-order valence-corrected chi connectivity index (χ2v) is 2.19. The summed E-state index contributed by atoms with van der Waals surface area (Å²) in [7, 11) is 0. The Bertz CT molecular complexity index is 201. The number of rotatable bonds is 5. The number of hydrogen-bond acceptors (Lipinski definition) is 1. The summed E-state index contributed by atoms with van der Waals surface area (Å²) >= 11 is 0. The van der Waals surface area contributed by atoms with Gasteiger partial charge in [0.15, 0.2) is 5.83 Å². The van der Waals surface area contributed by atoms with E-state index in [-0.39, 0.29) is 0 Å². The maximum atomic E-state index is 12.3. The van der Waals surface area contributed by atoms with E-state index in [9.17, 15) is 9.18 Å². The molecule has 3 heteroatoms. The van der Waals surface area contributed by atoms with Crippen molar-refractivity contribution in [1.82, 2.24) is 4.90 Å². The molecule has 0 aromatic heterocycles. The van der Waals surface area contributed by atoms with Crippen LogP contribution < -0.4 is 0 Å². The lowest BCUT2D eigenvalue weighted by Gasteiger charge is -2.17. The Balaban J connectivity index is 4.26. The summed E-state index contributed by atoms with van der Waals surface area (Å²) in [6, 6.07) is 0. The van der Waals surface area contributed by atoms with Crippen molar-refractivity contribution in [1.29, 1.82) is 0 Å². The van der Waals surface area contributed by atoms with E-state index in [1.165, 1.54) is 17.1 Å². The van der Waals surface area contributed by atoms with Crippen molar-refractivity contribution in [3.05, 3.63) is 37.7 Å². The number of carbonyl (C=O) groups is 1. The molecule has 0 unspecified atom stereocenters. The van der Waals surface area contributed by atoms with Crippen LogP contribution in [0.4, 0.5) is 4.39 Å². The highest BCUT2D eigenvalue weighted by Crippen LogP contribution is 2.00. The van der Waals surface area contributed by atoms with Crippen LogP contribution in [0.3, 0.4) is 0 Å². The first-order chi connectivity index (χ1) is 5.63. The average Bonchev–Trinajstić information content (AvgIpc) is 2.03. The SMILES string of the molecule is C=CCN(CC=C)C(=O)C(=C)F. The molecule has 0 bridgehead atoms. The Morgan fingerprint density at radius 3 is 2.00 bits per heavy atom. The number of amides is 1. The van der Waals surface area contributed by atoms with Crippen molar-refractivity contribution in [2.24, 2.45) is 0 Å². The van der Waals surface area contributed by atoms with Gasteiger partial charge in [-0.05, 0) is 0 Å². The maximum absolute atomic E-state index is 12.3. The third kappa shape index (κ3) is 3.14. The van der Waals surface area contributed by atoms with E-state index >= 15 is 0 Å². The highest BCUT2D eigenvalue weighted by Gasteiger charge is 2.13. The van der Waals surface area contributed by atoms with Crippen molar-refractivity contribution < 1.29 is 9.18 Å². The lowest BCUT2D eigenvalue weighted by molar-refractivity contribution is -0.127. The van der Waals surface area contributed by atoms with E-state index < -0.39 is 11.7 Å². The van der Waals surface area contributed by atoms with E-state index in [4.69, 9.17) is 0 Å². The maximum Gasteiger partial charge on any atom is 0.282 e. The molecule has 0 atom stereocenters. The molecule has 0 heterocycles. The van der Waals surface area contributed by atoms with Crippen LogP contribution in [-0.4, -0.2) is 23.9 Å². The third-order valence-corrected chi connectivity index (χ3v) is 1.22. The molecule has 12 heavy (non-hydrogen) atoms. The zero-order valence-electron chi connectivity index (χ0n) is 6.92. The molecule has 0 aliphatic heterocycles. The van der Waals surface area contributed by atoms with Gasteiger partial charge in [-0.3, -0.25) is 4.79 Å². The second kappa shape index (κ2) is 5.29. The zero-order chi connectivity index (χ0) is 9.56. The predicted octanol–water partition coefficient (Wildman–Crippen LogP) is 1.67. The fourth-order valence-electron chi connectivity index (χ4n) is 0.724. The minimum atomic E-state index is -0.960. The molecular formula is C9H12FNO. The van der Waals surface area contributed by atoms with Crippen molar-refractivity contribution in [3.8, 4) is 0 Å². The Hall–Kier alpha value is -1.38. The molecule has 0 fully saturated rings. The molecule has 66 valence electrons. The molecule has 0 saturated heterocycles. The first kappa shape index (κ1) is 10.6. The van der Waals surface area contributed by atoms with Gasteiger partial charge in [0.25, 0.3) is 5.91 Å². The van der Waals surface area contributed by atoms with Crippen LogP contribution in [0, 0.1) is 0 Å². The van der Waals surface area contributed by atoms with Crippen LogP contribution in [-0.2, 0) is 4.79 Å². The number of hydrogen-bond donors (Lipinski definition) is 0. The fraction of sp³-hybridized carbons (Fsp3) is 0.222. The van der Waals surface area contributed by atoms with Gasteiger partial charge in [0.2, 0.25) is 0 Å². The summed E-state index contributed by atoms with van der Waals surface area (Å²) in [5.74, 6) is -1.67. The first-order valence-corrected chi connectivity index (χ1v) is 3.49. The Morgan fingerprint density at radius 2 is 1.75 bits per heavy atom. The third-order valence-electron chi connectivity index (χ3n) is 1.22. The van der Waals surface area contributed by atoms with E-state index in [1.807, 2.05) is 0 Å². The van der Waals surface area contributed by atoms with Crippen LogP contribution in [0.15, 0.2) is 37.7 Å². The number of nitrogens with zero attached hydrogens (tertiary/aromatic N) is 1. The summed E-state index contributed by atoms with van der Waals surface area (Å²) in [5, 5.41) is 0. The predicted molar refractivity (Wildman–Crippen MR) is 47.2 cm³/mol. The Labute approximate surface area is 71.7 Å². The van der Waals surface area contributed by atoms with Gasteiger partial charge in [-0.2, -0.15) is 0 Å². The van der Waals surface area contributed by atoms with Crippen LogP contribution in [0.1, 0.15) is 0 Å². The van der Waals surface area contributed by atoms with Crippen LogP contribution in [0.5, 0.6) is 0 Å². The summed E-state index contributed by atoms with van der Waals surface area (Å²) in [6.45, 7) is 10.4. The fourth-order valence-corrected chi connectivity index (χ4v) is 0.724. The average molecular weight is 169 g/mol. The summed E-state index contributed by atoms with van der Waals surface area (Å²) in [5.41, 5.74) is 0. The topological polar surface area (TPSA) is 20.3 Å². The van der Waals surface area contributed by atoms with E-state index in [2.05, 4.69) is 19.7 Å². The molecular weight excluding hydrogens is 157 g/mol. The molecule has 0 N–H and O–H groups in total. The lowest BCUT2D eigenvalue weighted by atomic mass is 10.4. The highest BCUT2D eigenvalue weighted by atomic mass is 19.1. The Morgan fingerprint density at radius 1 is 1.33 bits per heavy atom. The standard InChI is InChI=1S/C9H12FNO/c1-4-6-11(7-5-2)9(12)8(3)10/h4-5H,1-3,6-7H2. The molecule has 0 rings (SSSR count). The van der Waals surface area contributed by atoms with Gasteiger partial charge in [0.05, 0.1) is 0 Å².